The summed E-state index contributed by atoms with van der Waals surface area (Å²) in [6, 6.07) is 0. The molecule has 3 rings (SSSR count). The largest absolute Gasteiger partial charge is 0.481 e. The van der Waals surface area contributed by atoms with Gasteiger partial charge in [-0.05, 0) is 31.6 Å². The number of aliphatic carboxylic acids is 2. The Labute approximate surface area is 110 Å². The van der Waals surface area contributed by atoms with Gasteiger partial charge in [-0.1, -0.05) is 0 Å². The number of carboxylic acid groups (broad SMARTS) is 2. The maximum Gasteiger partial charge on any atom is 0.310 e. The number of ether oxygens (including phenoxy) is 2. The van der Waals surface area contributed by atoms with Crippen LogP contribution >= 0.6 is 0 Å². The molecule has 0 spiro atoms. The van der Waals surface area contributed by atoms with E-state index < -0.39 is 23.3 Å². The van der Waals surface area contributed by atoms with Crippen LogP contribution in [0.15, 0.2) is 0 Å². The van der Waals surface area contributed by atoms with Crippen molar-refractivity contribution in [2.24, 2.45) is 17.3 Å². The lowest BCUT2D eigenvalue weighted by Crippen LogP contribution is -2.40. The third-order valence-electron chi connectivity index (χ3n) is 4.75. The SMILES string of the molecule is O=C(O)C1CCC(CC2CO2)(C(=O)O)C1CC1CO1. The molecule has 2 aliphatic heterocycles. The van der Waals surface area contributed by atoms with E-state index in [9.17, 15) is 19.8 Å². The Balaban J connectivity index is 1.85. The first-order chi connectivity index (χ1) is 9.03. The molecule has 6 nitrogen and oxygen atoms in total. The number of epoxide rings is 2. The Morgan fingerprint density at radius 2 is 1.79 bits per heavy atom. The van der Waals surface area contributed by atoms with Crippen LogP contribution in [0.1, 0.15) is 25.7 Å². The molecule has 1 saturated carbocycles. The summed E-state index contributed by atoms with van der Waals surface area (Å²) in [7, 11) is 0. The molecule has 3 fully saturated rings. The van der Waals surface area contributed by atoms with Gasteiger partial charge in [0.25, 0.3) is 0 Å². The van der Waals surface area contributed by atoms with Crippen molar-refractivity contribution < 1.29 is 29.3 Å². The summed E-state index contributed by atoms with van der Waals surface area (Å²) in [6.07, 6.45) is 1.87. The standard InChI is InChI=1S/C13H18O6/c14-11(15)9-1-2-13(12(16)17,4-8-6-19-8)10(9)3-7-5-18-7/h7-10H,1-6H2,(H,14,15)(H,16,17). The van der Waals surface area contributed by atoms with Gasteiger partial charge in [0.05, 0.1) is 36.8 Å². The molecule has 1 aliphatic carbocycles. The second-order valence-electron chi connectivity index (χ2n) is 5.90. The summed E-state index contributed by atoms with van der Waals surface area (Å²) in [4.78, 5) is 23.1. The van der Waals surface area contributed by atoms with E-state index in [0.29, 0.717) is 38.9 Å². The zero-order chi connectivity index (χ0) is 13.6. The van der Waals surface area contributed by atoms with Gasteiger partial charge in [0.15, 0.2) is 0 Å². The molecule has 3 aliphatic rings. The van der Waals surface area contributed by atoms with Crippen molar-refractivity contribution in [2.75, 3.05) is 13.2 Å². The molecule has 0 aromatic carbocycles. The third-order valence-corrected chi connectivity index (χ3v) is 4.75. The normalized spacial score (nSPS) is 44.0. The lowest BCUT2D eigenvalue weighted by atomic mass is 9.70. The molecule has 0 amide bonds. The van der Waals surface area contributed by atoms with E-state index in [1.165, 1.54) is 0 Å². The first-order valence-corrected chi connectivity index (χ1v) is 6.72. The molecule has 0 aromatic heterocycles. The van der Waals surface area contributed by atoms with E-state index in [-0.39, 0.29) is 18.1 Å². The van der Waals surface area contributed by atoms with Crippen LogP contribution in [-0.4, -0.2) is 47.6 Å². The number of rotatable bonds is 6. The monoisotopic (exact) mass is 270 g/mol. The minimum Gasteiger partial charge on any atom is -0.481 e. The zero-order valence-corrected chi connectivity index (χ0v) is 10.6. The Hall–Kier alpha value is -1.14. The van der Waals surface area contributed by atoms with Crippen molar-refractivity contribution in [3.63, 3.8) is 0 Å². The van der Waals surface area contributed by atoms with E-state index in [2.05, 4.69) is 0 Å². The van der Waals surface area contributed by atoms with Gasteiger partial charge in [0.2, 0.25) is 0 Å². The summed E-state index contributed by atoms with van der Waals surface area (Å²) in [5.41, 5.74) is -0.948. The summed E-state index contributed by atoms with van der Waals surface area (Å²) in [5.74, 6) is -2.68. The first kappa shape index (κ1) is 12.9. The third kappa shape index (κ3) is 2.34. The lowest BCUT2D eigenvalue weighted by Gasteiger charge is -2.32. The number of hydrogen-bond acceptors (Lipinski definition) is 4. The van der Waals surface area contributed by atoms with Gasteiger partial charge in [-0.25, -0.2) is 0 Å². The fraction of sp³-hybridized carbons (Fsp3) is 0.846. The quantitative estimate of drug-likeness (QED) is 0.691. The smallest absolute Gasteiger partial charge is 0.310 e. The number of carbonyl (C=O) groups is 2. The summed E-state index contributed by atoms with van der Waals surface area (Å²) < 4.78 is 10.3. The minimum absolute atomic E-state index is 0.00809. The van der Waals surface area contributed by atoms with Gasteiger partial charge >= 0.3 is 11.9 Å². The van der Waals surface area contributed by atoms with Crippen LogP contribution < -0.4 is 0 Å². The fourth-order valence-electron chi connectivity index (χ4n) is 3.56. The fourth-order valence-corrected chi connectivity index (χ4v) is 3.56. The number of carboxylic acids is 2. The van der Waals surface area contributed by atoms with Crippen molar-refractivity contribution in [3.8, 4) is 0 Å². The maximum atomic E-state index is 11.8. The Bertz CT molecular complexity index is 400. The average Bonchev–Trinajstić information content (AvgIpc) is 3.20. The molecular formula is C13H18O6. The van der Waals surface area contributed by atoms with E-state index in [4.69, 9.17) is 9.47 Å². The van der Waals surface area contributed by atoms with Crippen LogP contribution in [0, 0.1) is 17.3 Å². The summed E-state index contributed by atoms with van der Waals surface area (Å²) >= 11 is 0. The van der Waals surface area contributed by atoms with Crippen LogP contribution in [0.3, 0.4) is 0 Å². The molecule has 0 aromatic rings. The highest BCUT2D eigenvalue weighted by Crippen LogP contribution is 2.54. The lowest BCUT2D eigenvalue weighted by molar-refractivity contribution is -0.155. The molecule has 2 N–H and O–H groups in total. The molecule has 0 radical (unpaired) electrons. The van der Waals surface area contributed by atoms with Crippen molar-refractivity contribution in [2.45, 2.75) is 37.9 Å². The molecule has 19 heavy (non-hydrogen) atoms. The van der Waals surface area contributed by atoms with Crippen molar-refractivity contribution in [1.82, 2.24) is 0 Å². The van der Waals surface area contributed by atoms with Gasteiger partial charge in [-0.15, -0.1) is 0 Å². The predicted molar refractivity (Wildman–Crippen MR) is 62.6 cm³/mol. The maximum absolute atomic E-state index is 11.8. The van der Waals surface area contributed by atoms with E-state index in [0.717, 1.165) is 0 Å². The zero-order valence-electron chi connectivity index (χ0n) is 10.6. The predicted octanol–water partition coefficient (Wildman–Crippen LogP) is 0.746. The second kappa shape index (κ2) is 4.45. The molecule has 2 saturated heterocycles. The molecule has 0 bridgehead atoms. The first-order valence-electron chi connectivity index (χ1n) is 6.72. The minimum atomic E-state index is -0.948. The highest BCUT2D eigenvalue weighted by atomic mass is 16.6. The topological polar surface area (TPSA) is 99.7 Å². The molecule has 2 heterocycles. The molecular weight excluding hydrogens is 252 g/mol. The Morgan fingerprint density at radius 3 is 2.26 bits per heavy atom. The molecule has 5 atom stereocenters. The Morgan fingerprint density at radius 1 is 1.16 bits per heavy atom. The number of hydrogen-bond donors (Lipinski definition) is 2. The highest BCUT2D eigenvalue weighted by molar-refractivity contribution is 5.79. The van der Waals surface area contributed by atoms with Gasteiger partial charge in [0, 0.05) is 0 Å². The van der Waals surface area contributed by atoms with E-state index >= 15 is 0 Å². The second-order valence-corrected chi connectivity index (χ2v) is 5.90. The van der Waals surface area contributed by atoms with Gasteiger partial charge in [0.1, 0.15) is 0 Å². The van der Waals surface area contributed by atoms with Crippen LogP contribution in [0.2, 0.25) is 0 Å². The van der Waals surface area contributed by atoms with Crippen LogP contribution in [0.5, 0.6) is 0 Å². The van der Waals surface area contributed by atoms with Gasteiger partial charge in [-0.2, -0.15) is 0 Å². The van der Waals surface area contributed by atoms with Gasteiger partial charge < -0.3 is 19.7 Å². The summed E-state index contributed by atoms with van der Waals surface area (Å²) in [5, 5.41) is 19.0. The van der Waals surface area contributed by atoms with E-state index in [1.807, 2.05) is 0 Å². The van der Waals surface area contributed by atoms with Crippen LogP contribution in [0.25, 0.3) is 0 Å². The van der Waals surface area contributed by atoms with Crippen LogP contribution in [0.4, 0.5) is 0 Å². The summed E-state index contributed by atoms with van der Waals surface area (Å²) in [6.45, 7) is 1.22. The van der Waals surface area contributed by atoms with Gasteiger partial charge in [-0.3, -0.25) is 9.59 Å². The Kier molecular flexibility index (Phi) is 3.02. The molecule has 106 valence electrons. The van der Waals surface area contributed by atoms with Crippen LogP contribution in [-0.2, 0) is 19.1 Å². The molecule has 5 unspecified atom stereocenters. The van der Waals surface area contributed by atoms with Crippen molar-refractivity contribution in [3.05, 3.63) is 0 Å². The molecule has 6 heteroatoms. The average molecular weight is 270 g/mol. The van der Waals surface area contributed by atoms with E-state index in [1.54, 1.807) is 0 Å². The van der Waals surface area contributed by atoms with Crippen molar-refractivity contribution in [1.29, 1.82) is 0 Å². The van der Waals surface area contributed by atoms with Crippen molar-refractivity contribution >= 4 is 11.9 Å². The highest BCUT2D eigenvalue weighted by Gasteiger charge is 2.58.